The maximum Gasteiger partial charge on any atom is 0.329 e. The lowest BCUT2D eigenvalue weighted by Gasteiger charge is -2.14. The molecule has 8 heteroatoms. The first kappa shape index (κ1) is 15.1. The molecule has 0 radical (unpaired) electrons. The molecule has 0 bridgehead atoms. The summed E-state index contributed by atoms with van der Waals surface area (Å²) in [6, 6.07) is -0.0183. The zero-order valence-corrected chi connectivity index (χ0v) is 11.1. The molecule has 1 atom stereocenters. The van der Waals surface area contributed by atoms with Gasteiger partial charge >= 0.3 is 5.69 Å². The Morgan fingerprint density at radius 2 is 2.32 bits per heavy atom. The van der Waals surface area contributed by atoms with Gasteiger partial charge in [-0.2, -0.15) is 4.98 Å². The van der Waals surface area contributed by atoms with Crippen molar-refractivity contribution in [2.45, 2.75) is 32.7 Å². The fourth-order valence-electron chi connectivity index (χ4n) is 1.56. The van der Waals surface area contributed by atoms with Crippen LogP contribution in [0.5, 0.6) is 0 Å². The van der Waals surface area contributed by atoms with Crippen LogP contribution in [0.2, 0.25) is 0 Å². The fraction of sp³-hybridized carbons (Fsp3) is 0.636. The molecule has 0 aliphatic rings. The van der Waals surface area contributed by atoms with Crippen molar-refractivity contribution in [2.24, 2.45) is 0 Å². The molecule has 1 aromatic rings. The van der Waals surface area contributed by atoms with Crippen molar-refractivity contribution < 1.29 is 10.0 Å². The van der Waals surface area contributed by atoms with Gasteiger partial charge in [-0.25, -0.2) is 4.98 Å². The number of rotatable bonds is 8. The molecule has 0 saturated carbocycles. The first-order chi connectivity index (χ1) is 9.08. The molecule has 0 fully saturated rings. The van der Waals surface area contributed by atoms with Gasteiger partial charge in [0.25, 0.3) is 0 Å². The second-order valence-corrected chi connectivity index (χ2v) is 4.13. The SMILES string of the molecule is CCNc1ncc([N+](=O)[O-])c(NC(C)CCCO)n1. The van der Waals surface area contributed by atoms with Crippen molar-refractivity contribution in [1.82, 2.24) is 9.97 Å². The van der Waals surface area contributed by atoms with Gasteiger partial charge < -0.3 is 15.7 Å². The highest BCUT2D eigenvalue weighted by molar-refractivity contribution is 5.57. The number of aliphatic hydroxyl groups excluding tert-OH is 1. The number of nitrogens with zero attached hydrogens (tertiary/aromatic N) is 3. The summed E-state index contributed by atoms with van der Waals surface area (Å²) in [5.41, 5.74) is -0.155. The van der Waals surface area contributed by atoms with Crippen molar-refractivity contribution >= 4 is 17.5 Å². The average molecular weight is 269 g/mol. The van der Waals surface area contributed by atoms with Gasteiger partial charge in [0, 0.05) is 19.2 Å². The standard InChI is InChI=1S/C11H19N5O3/c1-3-12-11-13-7-9(16(18)19)10(15-11)14-8(2)5-4-6-17/h7-8,17H,3-6H2,1-2H3,(H2,12,13,14,15). The molecule has 1 unspecified atom stereocenters. The molecule has 0 saturated heterocycles. The Labute approximate surface area is 111 Å². The molecule has 19 heavy (non-hydrogen) atoms. The van der Waals surface area contributed by atoms with Gasteiger partial charge in [0.05, 0.1) is 4.92 Å². The number of hydrogen-bond donors (Lipinski definition) is 3. The van der Waals surface area contributed by atoms with E-state index < -0.39 is 4.92 Å². The highest BCUT2D eigenvalue weighted by atomic mass is 16.6. The Bertz CT molecular complexity index is 427. The normalized spacial score (nSPS) is 11.9. The second-order valence-electron chi connectivity index (χ2n) is 4.13. The molecule has 0 amide bonds. The molecule has 106 valence electrons. The van der Waals surface area contributed by atoms with E-state index >= 15 is 0 Å². The zero-order chi connectivity index (χ0) is 14.3. The Hall–Kier alpha value is -1.96. The van der Waals surface area contributed by atoms with Crippen LogP contribution >= 0.6 is 0 Å². The van der Waals surface area contributed by atoms with E-state index in [2.05, 4.69) is 20.6 Å². The van der Waals surface area contributed by atoms with Crippen LogP contribution in [0.1, 0.15) is 26.7 Å². The first-order valence-electron chi connectivity index (χ1n) is 6.21. The van der Waals surface area contributed by atoms with Gasteiger partial charge in [-0.05, 0) is 26.7 Å². The summed E-state index contributed by atoms with van der Waals surface area (Å²) in [4.78, 5) is 18.4. The molecule has 0 spiro atoms. The number of nitro groups is 1. The van der Waals surface area contributed by atoms with E-state index in [1.807, 2.05) is 13.8 Å². The number of hydrogen-bond acceptors (Lipinski definition) is 7. The summed E-state index contributed by atoms with van der Waals surface area (Å²) in [5.74, 6) is 0.548. The molecule has 1 heterocycles. The van der Waals surface area contributed by atoms with Crippen LogP contribution in [0.15, 0.2) is 6.20 Å². The molecule has 8 nitrogen and oxygen atoms in total. The Kier molecular flexibility index (Phi) is 5.94. The summed E-state index contributed by atoms with van der Waals surface area (Å²) in [7, 11) is 0. The minimum absolute atomic E-state index is 0.0183. The summed E-state index contributed by atoms with van der Waals surface area (Å²) < 4.78 is 0. The van der Waals surface area contributed by atoms with Crippen molar-refractivity contribution in [1.29, 1.82) is 0 Å². The zero-order valence-electron chi connectivity index (χ0n) is 11.1. The monoisotopic (exact) mass is 269 g/mol. The van der Waals surface area contributed by atoms with E-state index in [0.717, 1.165) is 0 Å². The van der Waals surface area contributed by atoms with Crippen molar-refractivity contribution in [3.05, 3.63) is 16.3 Å². The molecular formula is C11H19N5O3. The maximum atomic E-state index is 10.9. The number of aromatic nitrogens is 2. The first-order valence-corrected chi connectivity index (χ1v) is 6.21. The van der Waals surface area contributed by atoms with Gasteiger partial charge in [-0.1, -0.05) is 0 Å². The highest BCUT2D eigenvalue weighted by Crippen LogP contribution is 2.23. The van der Waals surface area contributed by atoms with Gasteiger partial charge in [-0.3, -0.25) is 10.1 Å². The minimum atomic E-state index is -0.517. The lowest BCUT2D eigenvalue weighted by molar-refractivity contribution is -0.384. The van der Waals surface area contributed by atoms with Crippen LogP contribution in [0.3, 0.4) is 0 Å². The maximum absolute atomic E-state index is 10.9. The molecule has 1 rings (SSSR count). The fourth-order valence-corrected chi connectivity index (χ4v) is 1.56. The highest BCUT2D eigenvalue weighted by Gasteiger charge is 2.18. The van der Waals surface area contributed by atoms with Gasteiger partial charge in [0.2, 0.25) is 11.8 Å². The predicted molar refractivity (Wildman–Crippen MR) is 72.3 cm³/mol. The van der Waals surface area contributed by atoms with Crippen molar-refractivity contribution in [2.75, 3.05) is 23.8 Å². The van der Waals surface area contributed by atoms with Crippen LogP contribution < -0.4 is 10.6 Å². The quantitative estimate of drug-likeness (QED) is 0.482. The van der Waals surface area contributed by atoms with E-state index in [-0.39, 0.29) is 24.2 Å². The number of anilines is 2. The topological polar surface area (TPSA) is 113 Å². The lowest BCUT2D eigenvalue weighted by Crippen LogP contribution is -2.18. The van der Waals surface area contributed by atoms with Crippen LogP contribution in [-0.2, 0) is 0 Å². The molecule has 0 aliphatic carbocycles. The molecule has 1 aromatic heterocycles. The van der Waals surface area contributed by atoms with Crippen molar-refractivity contribution in [3.8, 4) is 0 Å². The summed E-state index contributed by atoms with van der Waals surface area (Å²) in [6.45, 7) is 4.51. The third-order valence-electron chi connectivity index (χ3n) is 2.48. The lowest BCUT2D eigenvalue weighted by atomic mass is 10.2. The summed E-state index contributed by atoms with van der Waals surface area (Å²) in [5, 5.41) is 25.6. The molecule has 0 aromatic carbocycles. The Morgan fingerprint density at radius 3 is 2.89 bits per heavy atom. The number of aliphatic hydroxyl groups is 1. The van der Waals surface area contributed by atoms with E-state index in [4.69, 9.17) is 5.11 Å². The van der Waals surface area contributed by atoms with E-state index in [9.17, 15) is 10.1 Å². The largest absolute Gasteiger partial charge is 0.396 e. The van der Waals surface area contributed by atoms with Crippen molar-refractivity contribution in [3.63, 3.8) is 0 Å². The van der Waals surface area contributed by atoms with E-state index in [1.165, 1.54) is 6.20 Å². The van der Waals surface area contributed by atoms with Gasteiger partial charge in [0.1, 0.15) is 6.20 Å². The summed E-state index contributed by atoms with van der Waals surface area (Å²) in [6.07, 6.45) is 2.52. The molecular weight excluding hydrogens is 250 g/mol. The van der Waals surface area contributed by atoms with Crippen LogP contribution in [0.25, 0.3) is 0 Å². The number of nitrogens with one attached hydrogen (secondary N) is 2. The summed E-state index contributed by atoms with van der Waals surface area (Å²) >= 11 is 0. The predicted octanol–water partition coefficient (Wildman–Crippen LogP) is 1.39. The third-order valence-corrected chi connectivity index (χ3v) is 2.48. The van der Waals surface area contributed by atoms with Crippen LogP contribution in [-0.4, -0.2) is 39.2 Å². The smallest absolute Gasteiger partial charge is 0.329 e. The third kappa shape index (κ3) is 4.66. The average Bonchev–Trinajstić information content (AvgIpc) is 2.36. The van der Waals surface area contributed by atoms with Crippen LogP contribution in [0.4, 0.5) is 17.5 Å². The van der Waals surface area contributed by atoms with Crippen LogP contribution in [0, 0.1) is 10.1 Å². The van der Waals surface area contributed by atoms with E-state index in [0.29, 0.717) is 25.3 Å². The minimum Gasteiger partial charge on any atom is -0.396 e. The molecule has 0 aliphatic heterocycles. The van der Waals surface area contributed by atoms with Gasteiger partial charge in [0.15, 0.2) is 0 Å². The van der Waals surface area contributed by atoms with Gasteiger partial charge in [-0.15, -0.1) is 0 Å². The Balaban J connectivity index is 2.87. The Morgan fingerprint density at radius 1 is 1.58 bits per heavy atom. The molecule has 3 N–H and O–H groups in total. The van der Waals surface area contributed by atoms with E-state index in [1.54, 1.807) is 0 Å². The second kappa shape index (κ2) is 7.47.